The maximum absolute atomic E-state index is 5.65. The molecule has 4 nitrogen and oxygen atoms in total. The number of nitrogens with two attached hydrogens (primary N) is 1. The molecular weight excluding hydrogens is 380 g/mol. The second-order valence-electron chi connectivity index (χ2n) is 4.06. The van der Waals surface area contributed by atoms with Gasteiger partial charge in [-0.15, -0.1) is 11.3 Å². The van der Waals surface area contributed by atoms with Crippen molar-refractivity contribution in [2.45, 2.75) is 18.9 Å². The van der Waals surface area contributed by atoms with E-state index in [4.69, 9.17) is 5.84 Å². The van der Waals surface area contributed by atoms with Gasteiger partial charge in [-0.1, -0.05) is 0 Å². The minimum absolute atomic E-state index is 0.141. The van der Waals surface area contributed by atoms with Gasteiger partial charge in [0.1, 0.15) is 0 Å². The molecule has 18 heavy (non-hydrogen) atoms. The number of aryl methyl sites for hydroxylation is 2. The normalized spacial score (nSPS) is 12.9. The lowest BCUT2D eigenvalue weighted by molar-refractivity contribution is 0.516. The fourth-order valence-electron chi connectivity index (χ4n) is 1.83. The quantitative estimate of drug-likeness (QED) is 0.606. The van der Waals surface area contributed by atoms with Crippen LogP contribution >= 0.6 is 43.2 Å². The molecule has 0 radical (unpaired) electrons. The highest BCUT2D eigenvalue weighted by Crippen LogP contribution is 2.36. The van der Waals surface area contributed by atoms with Crippen LogP contribution < -0.4 is 11.3 Å². The summed E-state index contributed by atoms with van der Waals surface area (Å²) < 4.78 is 4.03. The molecule has 0 spiro atoms. The third-order valence-electron chi connectivity index (χ3n) is 2.74. The van der Waals surface area contributed by atoms with Gasteiger partial charge < -0.3 is 0 Å². The van der Waals surface area contributed by atoms with Crippen LogP contribution in [-0.4, -0.2) is 9.78 Å². The van der Waals surface area contributed by atoms with Crippen LogP contribution in [0, 0.1) is 0 Å². The third-order valence-corrected chi connectivity index (χ3v) is 5.13. The van der Waals surface area contributed by atoms with Crippen molar-refractivity contribution >= 4 is 43.2 Å². The molecule has 0 aromatic carbocycles. The summed E-state index contributed by atoms with van der Waals surface area (Å²) in [5.74, 6) is 5.65. The number of nitrogens with zero attached hydrogens (tertiary/aromatic N) is 2. The van der Waals surface area contributed by atoms with E-state index in [0.717, 1.165) is 20.4 Å². The molecule has 0 saturated heterocycles. The third kappa shape index (κ3) is 3.42. The van der Waals surface area contributed by atoms with Crippen LogP contribution in [0.25, 0.3) is 0 Å². The molecule has 1 atom stereocenters. The van der Waals surface area contributed by atoms with E-state index in [9.17, 15) is 0 Å². The van der Waals surface area contributed by atoms with Gasteiger partial charge in [-0.3, -0.25) is 16.0 Å². The van der Waals surface area contributed by atoms with Crippen molar-refractivity contribution in [1.29, 1.82) is 0 Å². The van der Waals surface area contributed by atoms with Crippen molar-refractivity contribution in [2.24, 2.45) is 12.9 Å². The van der Waals surface area contributed by atoms with Crippen LogP contribution in [0.15, 0.2) is 26.0 Å². The van der Waals surface area contributed by atoms with Gasteiger partial charge in [0.25, 0.3) is 0 Å². The summed E-state index contributed by atoms with van der Waals surface area (Å²) >= 11 is 8.71. The van der Waals surface area contributed by atoms with Gasteiger partial charge in [0.2, 0.25) is 0 Å². The largest absolute Gasteiger partial charge is 0.276 e. The fourth-order valence-corrected chi connectivity index (χ4v) is 4.81. The van der Waals surface area contributed by atoms with Gasteiger partial charge in [-0.2, -0.15) is 5.10 Å². The number of hydrogen-bond donors (Lipinski definition) is 2. The lowest BCUT2D eigenvalue weighted by Gasteiger charge is -2.14. The number of thiophene rings is 1. The number of rotatable bonds is 5. The summed E-state index contributed by atoms with van der Waals surface area (Å²) in [5, 5.41) is 4.17. The molecule has 2 aromatic rings. The van der Waals surface area contributed by atoms with Crippen molar-refractivity contribution in [3.05, 3.63) is 37.2 Å². The van der Waals surface area contributed by atoms with Crippen LogP contribution in [-0.2, 0) is 13.5 Å². The Labute approximate surface area is 127 Å². The zero-order chi connectivity index (χ0) is 13.1. The second kappa shape index (κ2) is 6.29. The molecule has 2 rings (SSSR count). The van der Waals surface area contributed by atoms with Crippen molar-refractivity contribution in [3.8, 4) is 0 Å². The van der Waals surface area contributed by atoms with E-state index >= 15 is 0 Å². The number of nitrogens with one attached hydrogen (secondary N) is 1. The van der Waals surface area contributed by atoms with E-state index in [-0.39, 0.29) is 6.04 Å². The Balaban J connectivity index is 2.03. The summed E-state index contributed by atoms with van der Waals surface area (Å²) in [4.78, 5) is 0. The zero-order valence-corrected chi connectivity index (χ0v) is 13.8. The minimum atomic E-state index is 0.141. The SMILES string of the molecule is Cn1cc(CCC(NN)c2cc(Br)sc2Br)cn1. The first-order valence-electron chi connectivity index (χ1n) is 5.48. The molecule has 0 aliphatic heterocycles. The van der Waals surface area contributed by atoms with Gasteiger partial charge >= 0.3 is 0 Å². The van der Waals surface area contributed by atoms with Crippen LogP contribution in [0.1, 0.15) is 23.6 Å². The Kier molecular flexibility index (Phi) is 4.97. The second-order valence-corrected chi connectivity index (χ2v) is 7.81. The molecule has 98 valence electrons. The van der Waals surface area contributed by atoms with Crippen molar-refractivity contribution in [1.82, 2.24) is 15.2 Å². The summed E-state index contributed by atoms with van der Waals surface area (Å²) in [6, 6.07) is 2.24. The summed E-state index contributed by atoms with van der Waals surface area (Å²) in [6.45, 7) is 0. The van der Waals surface area contributed by atoms with E-state index in [1.807, 2.05) is 24.1 Å². The highest BCUT2D eigenvalue weighted by atomic mass is 79.9. The maximum Gasteiger partial charge on any atom is 0.0758 e. The number of halogens is 2. The maximum atomic E-state index is 5.65. The van der Waals surface area contributed by atoms with Crippen LogP contribution in [0.4, 0.5) is 0 Å². The van der Waals surface area contributed by atoms with Crippen LogP contribution in [0.5, 0.6) is 0 Å². The Morgan fingerprint density at radius 3 is 2.83 bits per heavy atom. The highest BCUT2D eigenvalue weighted by molar-refractivity contribution is 9.12. The molecule has 0 bridgehead atoms. The van der Waals surface area contributed by atoms with Crippen LogP contribution in [0.3, 0.4) is 0 Å². The highest BCUT2D eigenvalue weighted by Gasteiger charge is 2.16. The summed E-state index contributed by atoms with van der Waals surface area (Å²) in [7, 11) is 1.93. The average Bonchev–Trinajstić information content (AvgIpc) is 2.87. The van der Waals surface area contributed by atoms with Crippen molar-refractivity contribution in [2.75, 3.05) is 0 Å². The van der Waals surface area contributed by atoms with E-state index < -0.39 is 0 Å². The van der Waals surface area contributed by atoms with Gasteiger partial charge in [-0.25, -0.2) is 0 Å². The van der Waals surface area contributed by atoms with Gasteiger partial charge in [-0.05, 0) is 61.9 Å². The molecular formula is C11H14Br2N4S. The summed E-state index contributed by atoms with van der Waals surface area (Å²) in [6.07, 6.45) is 5.81. The average molecular weight is 394 g/mol. The van der Waals surface area contributed by atoms with E-state index in [2.05, 4.69) is 48.5 Å². The van der Waals surface area contributed by atoms with Gasteiger partial charge in [0, 0.05) is 19.3 Å². The molecule has 2 aromatic heterocycles. The number of hydrazine groups is 1. The predicted octanol–water partition coefficient (Wildman–Crippen LogP) is 3.14. The Bertz CT molecular complexity index is 523. The van der Waals surface area contributed by atoms with E-state index in [0.29, 0.717) is 0 Å². The molecule has 0 fully saturated rings. The molecule has 3 N–H and O–H groups in total. The first-order valence-corrected chi connectivity index (χ1v) is 7.88. The van der Waals surface area contributed by atoms with Crippen molar-refractivity contribution in [3.63, 3.8) is 0 Å². The fraction of sp³-hybridized carbons (Fsp3) is 0.364. The van der Waals surface area contributed by atoms with Gasteiger partial charge in [0.05, 0.1) is 13.8 Å². The van der Waals surface area contributed by atoms with Crippen molar-refractivity contribution < 1.29 is 0 Å². The molecule has 1 unspecified atom stereocenters. The van der Waals surface area contributed by atoms with E-state index in [1.54, 1.807) is 11.3 Å². The minimum Gasteiger partial charge on any atom is -0.276 e. The Morgan fingerprint density at radius 2 is 2.33 bits per heavy atom. The lowest BCUT2D eigenvalue weighted by atomic mass is 10.0. The predicted molar refractivity (Wildman–Crippen MR) is 81.3 cm³/mol. The Morgan fingerprint density at radius 1 is 1.56 bits per heavy atom. The molecule has 7 heteroatoms. The molecule has 0 saturated carbocycles. The number of hydrogen-bond acceptors (Lipinski definition) is 4. The topological polar surface area (TPSA) is 55.9 Å². The molecule has 0 amide bonds. The zero-order valence-electron chi connectivity index (χ0n) is 9.86. The monoisotopic (exact) mass is 392 g/mol. The summed E-state index contributed by atoms with van der Waals surface area (Å²) in [5.41, 5.74) is 5.30. The first-order chi connectivity index (χ1) is 8.60. The molecule has 0 aliphatic rings. The first kappa shape index (κ1) is 14.2. The standard InChI is InChI=1S/C11H14Br2N4S/c1-17-6-7(5-15-17)2-3-9(16-14)8-4-10(12)18-11(8)13/h4-6,9,16H,2-3,14H2,1H3. The molecule has 0 aliphatic carbocycles. The molecule has 2 heterocycles. The lowest BCUT2D eigenvalue weighted by Crippen LogP contribution is -2.28. The number of aromatic nitrogens is 2. The van der Waals surface area contributed by atoms with Gasteiger partial charge in [0.15, 0.2) is 0 Å². The van der Waals surface area contributed by atoms with Crippen LogP contribution in [0.2, 0.25) is 0 Å². The Hall–Kier alpha value is -0.210. The smallest absolute Gasteiger partial charge is 0.0758 e. The van der Waals surface area contributed by atoms with E-state index in [1.165, 1.54) is 11.1 Å².